The summed E-state index contributed by atoms with van der Waals surface area (Å²) in [5.41, 5.74) is 9.44. The number of nitrogen functional groups attached to an aromatic ring is 1. The Balaban J connectivity index is 1.95. The monoisotopic (exact) mass is 338 g/mol. The van der Waals surface area contributed by atoms with Gasteiger partial charge in [0.1, 0.15) is 17.2 Å². The summed E-state index contributed by atoms with van der Waals surface area (Å²) in [5.74, 6) is 1.22. The summed E-state index contributed by atoms with van der Waals surface area (Å²) in [4.78, 5) is 11.9. The molecule has 0 amide bonds. The van der Waals surface area contributed by atoms with Crippen molar-refractivity contribution in [3.63, 3.8) is 0 Å². The van der Waals surface area contributed by atoms with Crippen molar-refractivity contribution >= 4 is 39.4 Å². The minimum absolute atomic E-state index is 0.482. The molecule has 0 aliphatic carbocycles. The number of benzene rings is 1. The molecule has 0 atom stereocenters. The molecule has 1 aromatic carbocycles. The number of aromatic nitrogens is 3. The van der Waals surface area contributed by atoms with E-state index in [4.69, 9.17) is 22.1 Å². The number of rotatable bonds is 3. The highest BCUT2D eigenvalue weighted by atomic mass is 35.5. The molecule has 0 unspecified atom stereocenters. The van der Waals surface area contributed by atoms with Gasteiger partial charge in [-0.15, -0.1) is 0 Å². The molecule has 3 N–H and O–H groups in total. The molecule has 0 aliphatic heterocycles. The van der Waals surface area contributed by atoms with Gasteiger partial charge in [0.2, 0.25) is 0 Å². The highest BCUT2D eigenvalue weighted by Gasteiger charge is 2.12. The summed E-state index contributed by atoms with van der Waals surface area (Å²) in [5, 5.41) is 2.63. The van der Waals surface area contributed by atoms with Crippen LogP contribution < -0.4 is 10.5 Å². The van der Waals surface area contributed by atoms with Crippen molar-refractivity contribution in [3.05, 3.63) is 47.7 Å². The van der Waals surface area contributed by atoms with E-state index in [9.17, 15) is 0 Å². The zero-order chi connectivity index (χ0) is 16.7. The SMILES string of the molecule is CCOc1cc(Cl)ccc1-c1cnc2[nH]c3cnc(N)cc3c2c1. The number of fused-ring (bicyclic) bond motifs is 3. The summed E-state index contributed by atoms with van der Waals surface area (Å²) < 4.78 is 5.72. The van der Waals surface area contributed by atoms with Gasteiger partial charge in [-0.05, 0) is 37.3 Å². The molecule has 0 fully saturated rings. The third-order valence-corrected chi connectivity index (χ3v) is 4.15. The van der Waals surface area contributed by atoms with Gasteiger partial charge in [-0.2, -0.15) is 0 Å². The first-order valence-electron chi connectivity index (χ1n) is 7.61. The summed E-state index contributed by atoms with van der Waals surface area (Å²) in [6, 6.07) is 9.54. The molecule has 24 heavy (non-hydrogen) atoms. The van der Waals surface area contributed by atoms with Gasteiger partial charge < -0.3 is 15.5 Å². The Hall–Kier alpha value is -2.79. The fraction of sp³-hybridized carbons (Fsp3) is 0.111. The molecule has 4 rings (SSSR count). The summed E-state index contributed by atoms with van der Waals surface area (Å²) in [7, 11) is 0. The second kappa shape index (κ2) is 5.69. The van der Waals surface area contributed by atoms with E-state index >= 15 is 0 Å². The number of hydrogen-bond acceptors (Lipinski definition) is 4. The van der Waals surface area contributed by atoms with Crippen molar-refractivity contribution in [1.82, 2.24) is 15.0 Å². The van der Waals surface area contributed by atoms with E-state index < -0.39 is 0 Å². The third-order valence-electron chi connectivity index (χ3n) is 3.91. The maximum Gasteiger partial charge on any atom is 0.138 e. The number of hydrogen-bond donors (Lipinski definition) is 2. The highest BCUT2D eigenvalue weighted by molar-refractivity contribution is 6.30. The summed E-state index contributed by atoms with van der Waals surface area (Å²) in [6.07, 6.45) is 3.54. The van der Waals surface area contributed by atoms with Crippen molar-refractivity contribution in [3.8, 4) is 16.9 Å². The van der Waals surface area contributed by atoms with Crippen LogP contribution in [0.1, 0.15) is 6.92 Å². The van der Waals surface area contributed by atoms with Gasteiger partial charge in [0.15, 0.2) is 0 Å². The van der Waals surface area contributed by atoms with Gasteiger partial charge in [0, 0.05) is 33.1 Å². The number of anilines is 1. The topological polar surface area (TPSA) is 76.8 Å². The fourth-order valence-corrected chi connectivity index (χ4v) is 3.01. The van der Waals surface area contributed by atoms with Crippen LogP contribution >= 0.6 is 11.6 Å². The lowest BCUT2D eigenvalue weighted by molar-refractivity contribution is 0.341. The maximum atomic E-state index is 6.09. The highest BCUT2D eigenvalue weighted by Crippen LogP contribution is 2.35. The minimum atomic E-state index is 0.482. The maximum absolute atomic E-state index is 6.09. The number of nitrogens with two attached hydrogens (primary N) is 1. The molecule has 3 aromatic heterocycles. The minimum Gasteiger partial charge on any atom is -0.493 e. The van der Waals surface area contributed by atoms with Gasteiger partial charge in [-0.3, -0.25) is 0 Å². The molecule has 0 saturated carbocycles. The van der Waals surface area contributed by atoms with Crippen LogP contribution in [0.25, 0.3) is 33.1 Å². The molecule has 0 spiro atoms. The lowest BCUT2D eigenvalue weighted by Crippen LogP contribution is -1.94. The zero-order valence-corrected chi connectivity index (χ0v) is 13.8. The Labute approximate surface area is 143 Å². The molecular weight excluding hydrogens is 324 g/mol. The van der Waals surface area contributed by atoms with Crippen LogP contribution in [0.5, 0.6) is 5.75 Å². The second-order valence-electron chi connectivity index (χ2n) is 5.47. The van der Waals surface area contributed by atoms with Gasteiger partial charge in [-0.1, -0.05) is 11.6 Å². The van der Waals surface area contributed by atoms with E-state index in [1.54, 1.807) is 6.20 Å². The molecule has 4 aromatic rings. The number of aromatic amines is 1. The number of nitrogens with zero attached hydrogens (tertiary/aromatic N) is 2. The summed E-state index contributed by atoms with van der Waals surface area (Å²) >= 11 is 6.09. The largest absolute Gasteiger partial charge is 0.493 e. The predicted molar refractivity (Wildman–Crippen MR) is 97.4 cm³/mol. The molecule has 6 heteroatoms. The van der Waals surface area contributed by atoms with E-state index in [2.05, 4.69) is 21.0 Å². The number of ether oxygens (including phenoxy) is 1. The van der Waals surface area contributed by atoms with Crippen LogP contribution in [0.3, 0.4) is 0 Å². The first-order chi connectivity index (χ1) is 11.7. The molecular formula is C18H15ClN4O. The van der Waals surface area contributed by atoms with Crippen molar-refractivity contribution in [2.75, 3.05) is 12.3 Å². The van der Waals surface area contributed by atoms with E-state index in [1.807, 2.05) is 37.4 Å². The van der Waals surface area contributed by atoms with Crippen LogP contribution in [0, 0.1) is 0 Å². The van der Waals surface area contributed by atoms with Gasteiger partial charge >= 0.3 is 0 Å². The Morgan fingerprint density at radius 2 is 2.00 bits per heavy atom. The number of H-pyrrole nitrogens is 1. The Kier molecular flexibility index (Phi) is 3.50. The third kappa shape index (κ3) is 2.43. The van der Waals surface area contributed by atoms with Crippen molar-refractivity contribution < 1.29 is 4.74 Å². The molecule has 0 bridgehead atoms. The molecule has 0 saturated heterocycles. The molecule has 0 aliphatic rings. The number of halogens is 1. The van der Waals surface area contributed by atoms with Gasteiger partial charge in [0.05, 0.1) is 18.3 Å². The van der Waals surface area contributed by atoms with Crippen LogP contribution in [0.4, 0.5) is 5.82 Å². The standard InChI is InChI=1S/C18H15ClN4O/c1-2-24-16-6-11(19)3-4-12(16)10-5-14-13-7-17(20)21-9-15(13)23-18(14)22-8-10/h3-9H,2H2,1H3,(H2,20,21)(H,22,23). The zero-order valence-electron chi connectivity index (χ0n) is 13.0. The van der Waals surface area contributed by atoms with E-state index in [1.165, 1.54) is 0 Å². The summed E-state index contributed by atoms with van der Waals surface area (Å²) in [6.45, 7) is 2.51. The first-order valence-corrected chi connectivity index (χ1v) is 7.99. The van der Waals surface area contributed by atoms with Crippen LogP contribution in [-0.4, -0.2) is 21.6 Å². The smallest absolute Gasteiger partial charge is 0.138 e. The Morgan fingerprint density at radius 3 is 2.83 bits per heavy atom. The lowest BCUT2D eigenvalue weighted by Gasteiger charge is -2.10. The van der Waals surface area contributed by atoms with E-state index in [0.29, 0.717) is 17.4 Å². The van der Waals surface area contributed by atoms with Gasteiger partial charge in [-0.25, -0.2) is 9.97 Å². The van der Waals surface area contributed by atoms with Gasteiger partial charge in [0.25, 0.3) is 0 Å². The molecule has 5 nitrogen and oxygen atoms in total. The van der Waals surface area contributed by atoms with Crippen molar-refractivity contribution in [2.45, 2.75) is 6.92 Å². The molecule has 0 radical (unpaired) electrons. The molecule has 120 valence electrons. The molecule has 3 heterocycles. The number of nitrogens with one attached hydrogen (secondary N) is 1. The quantitative estimate of drug-likeness (QED) is 0.580. The lowest BCUT2D eigenvalue weighted by atomic mass is 10.0. The van der Waals surface area contributed by atoms with Crippen molar-refractivity contribution in [1.29, 1.82) is 0 Å². The second-order valence-corrected chi connectivity index (χ2v) is 5.91. The van der Waals surface area contributed by atoms with Crippen LogP contribution in [-0.2, 0) is 0 Å². The van der Waals surface area contributed by atoms with Crippen LogP contribution in [0.2, 0.25) is 5.02 Å². The van der Waals surface area contributed by atoms with E-state index in [0.717, 1.165) is 38.8 Å². The van der Waals surface area contributed by atoms with Crippen LogP contribution in [0.15, 0.2) is 42.7 Å². The first kappa shape index (κ1) is 14.8. The Bertz CT molecular complexity index is 1060. The predicted octanol–water partition coefficient (Wildman–Crippen LogP) is 4.41. The number of pyridine rings is 2. The average Bonchev–Trinajstić information content (AvgIpc) is 2.92. The Morgan fingerprint density at radius 1 is 1.12 bits per heavy atom. The normalized spacial score (nSPS) is 11.2. The average molecular weight is 339 g/mol. The van der Waals surface area contributed by atoms with Crippen molar-refractivity contribution in [2.24, 2.45) is 0 Å². The fourth-order valence-electron chi connectivity index (χ4n) is 2.85. The van der Waals surface area contributed by atoms with E-state index in [-0.39, 0.29) is 0 Å².